The van der Waals surface area contributed by atoms with Crippen LogP contribution in [0.1, 0.15) is 26.7 Å². The summed E-state index contributed by atoms with van der Waals surface area (Å²) in [6, 6.07) is 1.16. The van der Waals surface area contributed by atoms with Gasteiger partial charge >= 0.3 is 0 Å². The Morgan fingerprint density at radius 2 is 1.12 bits per heavy atom. The fourth-order valence-electron chi connectivity index (χ4n) is 1.91. The van der Waals surface area contributed by atoms with Crippen molar-refractivity contribution < 1.29 is 0 Å². The molecule has 1 aliphatic rings. The molecular formula is C12H28N4. The number of hydrogen-bond donors (Lipinski definition) is 4. The molecule has 4 heteroatoms. The van der Waals surface area contributed by atoms with E-state index in [9.17, 15) is 0 Å². The van der Waals surface area contributed by atoms with Gasteiger partial charge in [-0.3, -0.25) is 0 Å². The largest absolute Gasteiger partial charge is 0.315 e. The van der Waals surface area contributed by atoms with E-state index >= 15 is 0 Å². The highest BCUT2D eigenvalue weighted by atomic mass is 15.0. The normalized spacial score (nSPS) is 31.9. The summed E-state index contributed by atoms with van der Waals surface area (Å²) in [6.07, 6.45) is 2.41. The summed E-state index contributed by atoms with van der Waals surface area (Å²) in [5.74, 6) is 0. The second-order valence-corrected chi connectivity index (χ2v) is 4.83. The van der Waals surface area contributed by atoms with Gasteiger partial charge in [0.15, 0.2) is 0 Å². The van der Waals surface area contributed by atoms with E-state index in [4.69, 9.17) is 0 Å². The molecule has 2 unspecified atom stereocenters. The SMILES string of the molecule is CC1CNCCCNC(C)CNCCCN1. The molecule has 16 heavy (non-hydrogen) atoms. The van der Waals surface area contributed by atoms with Gasteiger partial charge in [-0.15, -0.1) is 0 Å². The molecule has 4 N–H and O–H groups in total. The van der Waals surface area contributed by atoms with Gasteiger partial charge in [0, 0.05) is 25.2 Å². The summed E-state index contributed by atoms with van der Waals surface area (Å²) in [5, 5.41) is 14.0. The monoisotopic (exact) mass is 228 g/mol. The Labute approximate surface area is 99.9 Å². The first kappa shape index (κ1) is 13.9. The molecule has 0 spiro atoms. The van der Waals surface area contributed by atoms with Crippen molar-refractivity contribution in [1.29, 1.82) is 0 Å². The molecule has 1 heterocycles. The molecule has 0 aliphatic carbocycles. The van der Waals surface area contributed by atoms with E-state index < -0.39 is 0 Å². The molecule has 0 bridgehead atoms. The van der Waals surface area contributed by atoms with Gasteiger partial charge < -0.3 is 21.3 Å². The minimum Gasteiger partial charge on any atom is -0.315 e. The zero-order valence-corrected chi connectivity index (χ0v) is 10.8. The standard InChI is InChI=1S/C12H28N4/c1-11-9-13-5-4-8-16-12(2)10-14-6-3-7-15-11/h11-16H,3-10H2,1-2H3. The molecular weight excluding hydrogens is 200 g/mol. The Kier molecular flexibility index (Phi) is 7.76. The van der Waals surface area contributed by atoms with E-state index in [2.05, 4.69) is 35.1 Å². The Bertz CT molecular complexity index is 129. The smallest absolute Gasteiger partial charge is 0.0164 e. The van der Waals surface area contributed by atoms with E-state index in [1.165, 1.54) is 12.8 Å². The predicted molar refractivity (Wildman–Crippen MR) is 69.9 cm³/mol. The van der Waals surface area contributed by atoms with E-state index in [0.29, 0.717) is 12.1 Å². The zero-order chi connectivity index (χ0) is 11.6. The molecule has 1 fully saturated rings. The second-order valence-electron chi connectivity index (χ2n) is 4.83. The van der Waals surface area contributed by atoms with E-state index in [1.54, 1.807) is 0 Å². The molecule has 4 nitrogen and oxygen atoms in total. The molecule has 0 amide bonds. The lowest BCUT2D eigenvalue weighted by molar-refractivity contribution is 0.448. The van der Waals surface area contributed by atoms with Gasteiger partial charge in [-0.1, -0.05) is 0 Å². The zero-order valence-electron chi connectivity index (χ0n) is 10.8. The molecule has 1 rings (SSSR count). The predicted octanol–water partition coefficient (Wildman–Crippen LogP) is -0.0844. The highest BCUT2D eigenvalue weighted by molar-refractivity contribution is 4.68. The lowest BCUT2D eigenvalue weighted by atomic mass is 10.2. The number of nitrogens with one attached hydrogen (secondary N) is 4. The molecule has 0 aromatic carbocycles. The van der Waals surface area contributed by atoms with Gasteiger partial charge in [0.2, 0.25) is 0 Å². The third kappa shape index (κ3) is 7.17. The lowest BCUT2D eigenvalue weighted by Gasteiger charge is -2.18. The maximum Gasteiger partial charge on any atom is 0.0164 e. The Morgan fingerprint density at radius 3 is 1.56 bits per heavy atom. The number of rotatable bonds is 0. The van der Waals surface area contributed by atoms with Crippen LogP contribution in [0.5, 0.6) is 0 Å². The van der Waals surface area contributed by atoms with E-state index in [1.807, 2.05) is 0 Å². The van der Waals surface area contributed by atoms with Crippen molar-refractivity contribution in [3.63, 3.8) is 0 Å². The maximum absolute atomic E-state index is 3.53. The van der Waals surface area contributed by atoms with E-state index in [0.717, 1.165) is 39.3 Å². The summed E-state index contributed by atoms with van der Waals surface area (Å²) in [6.45, 7) is 11.1. The Hall–Kier alpha value is -0.160. The van der Waals surface area contributed by atoms with Crippen LogP contribution in [0.2, 0.25) is 0 Å². The van der Waals surface area contributed by atoms with Crippen molar-refractivity contribution >= 4 is 0 Å². The van der Waals surface area contributed by atoms with E-state index in [-0.39, 0.29) is 0 Å². The summed E-state index contributed by atoms with van der Waals surface area (Å²) < 4.78 is 0. The fraction of sp³-hybridized carbons (Fsp3) is 1.00. The highest BCUT2D eigenvalue weighted by Crippen LogP contribution is 1.85. The minimum atomic E-state index is 0.579. The Morgan fingerprint density at radius 1 is 0.688 bits per heavy atom. The molecule has 96 valence electrons. The van der Waals surface area contributed by atoms with Crippen LogP contribution in [-0.2, 0) is 0 Å². The fourth-order valence-corrected chi connectivity index (χ4v) is 1.91. The van der Waals surface area contributed by atoms with Gasteiger partial charge in [-0.2, -0.15) is 0 Å². The average molecular weight is 228 g/mol. The van der Waals surface area contributed by atoms with Crippen LogP contribution >= 0.6 is 0 Å². The molecule has 0 saturated carbocycles. The first-order chi connectivity index (χ1) is 7.79. The molecule has 0 aromatic rings. The average Bonchev–Trinajstić information content (AvgIpc) is 2.27. The highest BCUT2D eigenvalue weighted by Gasteiger charge is 2.03. The quantitative estimate of drug-likeness (QED) is 0.468. The summed E-state index contributed by atoms with van der Waals surface area (Å²) in [5.41, 5.74) is 0. The summed E-state index contributed by atoms with van der Waals surface area (Å²) >= 11 is 0. The van der Waals surface area contributed by atoms with Gasteiger partial charge in [-0.05, 0) is 52.9 Å². The molecule has 1 saturated heterocycles. The third-order valence-electron chi connectivity index (χ3n) is 2.95. The first-order valence-corrected chi connectivity index (χ1v) is 6.67. The van der Waals surface area contributed by atoms with Gasteiger partial charge in [-0.25, -0.2) is 0 Å². The topological polar surface area (TPSA) is 48.1 Å². The van der Waals surface area contributed by atoms with Crippen molar-refractivity contribution in [3.8, 4) is 0 Å². The van der Waals surface area contributed by atoms with Crippen LogP contribution in [0.15, 0.2) is 0 Å². The van der Waals surface area contributed by atoms with Crippen molar-refractivity contribution in [3.05, 3.63) is 0 Å². The van der Waals surface area contributed by atoms with Crippen molar-refractivity contribution in [2.24, 2.45) is 0 Å². The summed E-state index contributed by atoms with van der Waals surface area (Å²) in [7, 11) is 0. The van der Waals surface area contributed by atoms with Crippen LogP contribution in [0.25, 0.3) is 0 Å². The first-order valence-electron chi connectivity index (χ1n) is 6.67. The van der Waals surface area contributed by atoms with Crippen LogP contribution < -0.4 is 21.3 Å². The third-order valence-corrected chi connectivity index (χ3v) is 2.95. The molecule has 2 atom stereocenters. The lowest BCUT2D eigenvalue weighted by Crippen LogP contribution is -2.41. The second kappa shape index (κ2) is 8.93. The van der Waals surface area contributed by atoms with Crippen LogP contribution in [-0.4, -0.2) is 51.4 Å². The van der Waals surface area contributed by atoms with Crippen LogP contribution in [0, 0.1) is 0 Å². The van der Waals surface area contributed by atoms with Gasteiger partial charge in [0.05, 0.1) is 0 Å². The molecule has 1 aliphatic heterocycles. The van der Waals surface area contributed by atoms with Crippen molar-refractivity contribution in [2.75, 3.05) is 39.3 Å². The van der Waals surface area contributed by atoms with Gasteiger partial charge in [0.1, 0.15) is 0 Å². The molecule has 0 radical (unpaired) electrons. The molecule has 0 aromatic heterocycles. The van der Waals surface area contributed by atoms with Gasteiger partial charge in [0.25, 0.3) is 0 Å². The maximum atomic E-state index is 3.53. The van der Waals surface area contributed by atoms with Crippen molar-refractivity contribution in [2.45, 2.75) is 38.8 Å². The minimum absolute atomic E-state index is 0.579. The van der Waals surface area contributed by atoms with Crippen molar-refractivity contribution in [1.82, 2.24) is 21.3 Å². The summed E-state index contributed by atoms with van der Waals surface area (Å²) in [4.78, 5) is 0. The van der Waals surface area contributed by atoms with Crippen LogP contribution in [0.4, 0.5) is 0 Å². The number of hydrogen-bond acceptors (Lipinski definition) is 4. The van der Waals surface area contributed by atoms with Crippen LogP contribution in [0.3, 0.4) is 0 Å². The Balaban J connectivity index is 2.18.